The first-order chi connectivity index (χ1) is 8.74. The summed E-state index contributed by atoms with van der Waals surface area (Å²) in [6.07, 6.45) is 0.722. The van der Waals surface area contributed by atoms with Crippen LogP contribution in [0.15, 0.2) is 18.3 Å². The van der Waals surface area contributed by atoms with E-state index in [1.54, 1.807) is 0 Å². The summed E-state index contributed by atoms with van der Waals surface area (Å²) in [6, 6.07) is 2.53. The van der Waals surface area contributed by atoms with E-state index in [1.165, 1.54) is 12.3 Å². The number of nitrogens with zero attached hydrogens (tertiary/aromatic N) is 1. The lowest BCUT2D eigenvalue weighted by molar-refractivity contribution is 0.0138. The molecule has 0 bridgehead atoms. The Morgan fingerprint density at radius 3 is 2.68 bits per heavy atom. The molecule has 0 saturated carbocycles. The maximum atomic E-state index is 12.9. The highest BCUT2D eigenvalue weighted by Gasteiger charge is 2.30. The molecule has 1 rings (SSSR count). The lowest BCUT2D eigenvalue weighted by atomic mass is 9.80. The highest BCUT2D eigenvalue weighted by Crippen LogP contribution is 2.25. The van der Waals surface area contributed by atoms with Gasteiger partial charge in [-0.3, -0.25) is 4.79 Å². The summed E-state index contributed by atoms with van der Waals surface area (Å²) in [6.45, 7) is 7.92. The van der Waals surface area contributed by atoms with Crippen molar-refractivity contribution in [2.75, 3.05) is 6.54 Å². The summed E-state index contributed by atoms with van der Waals surface area (Å²) in [7, 11) is 0. The van der Waals surface area contributed by atoms with Gasteiger partial charge in [0.2, 0.25) is 5.95 Å². The molecule has 4 nitrogen and oxygen atoms in total. The molecule has 2 N–H and O–H groups in total. The summed E-state index contributed by atoms with van der Waals surface area (Å²) in [5.41, 5.74) is -0.225. The van der Waals surface area contributed by atoms with E-state index in [0.29, 0.717) is 6.54 Å². The fourth-order valence-corrected chi connectivity index (χ4v) is 1.96. The molecule has 0 fully saturated rings. The van der Waals surface area contributed by atoms with E-state index in [9.17, 15) is 14.3 Å². The van der Waals surface area contributed by atoms with Crippen LogP contribution >= 0.6 is 0 Å². The van der Waals surface area contributed by atoms with Crippen LogP contribution < -0.4 is 5.32 Å². The van der Waals surface area contributed by atoms with Crippen molar-refractivity contribution in [2.24, 2.45) is 11.3 Å². The van der Waals surface area contributed by atoms with Crippen molar-refractivity contribution in [1.29, 1.82) is 0 Å². The molecule has 1 aromatic rings. The lowest BCUT2D eigenvalue weighted by Gasteiger charge is -2.33. The molecule has 0 aliphatic carbocycles. The van der Waals surface area contributed by atoms with Crippen LogP contribution in [0.4, 0.5) is 4.39 Å². The van der Waals surface area contributed by atoms with Crippen molar-refractivity contribution in [2.45, 2.75) is 33.8 Å². The van der Waals surface area contributed by atoms with Crippen LogP contribution in [-0.4, -0.2) is 28.6 Å². The molecule has 1 atom stereocenters. The largest absolute Gasteiger partial charge is 0.392 e. The van der Waals surface area contributed by atoms with Crippen molar-refractivity contribution in [3.63, 3.8) is 0 Å². The quantitative estimate of drug-likeness (QED) is 0.803. The Hall–Kier alpha value is -1.49. The molecule has 0 saturated heterocycles. The molecule has 1 amide bonds. The van der Waals surface area contributed by atoms with Gasteiger partial charge in [0, 0.05) is 29.8 Å². The zero-order valence-electron chi connectivity index (χ0n) is 11.8. The standard InChI is InChI=1S/C14H21FN2O2/c1-9(2)12(18)14(3,4)8-17-13(19)10-5-6-16-11(15)7-10/h5-7,9,12,18H,8H2,1-4H3,(H,17,19). The van der Waals surface area contributed by atoms with Crippen LogP contribution in [0, 0.1) is 17.3 Å². The number of pyridine rings is 1. The van der Waals surface area contributed by atoms with E-state index in [0.717, 1.165) is 6.07 Å². The zero-order valence-corrected chi connectivity index (χ0v) is 11.8. The third kappa shape index (κ3) is 4.28. The average molecular weight is 268 g/mol. The highest BCUT2D eigenvalue weighted by molar-refractivity contribution is 5.94. The summed E-state index contributed by atoms with van der Waals surface area (Å²) in [5.74, 6) is -0.954. The van der Waals surface area contributed by atoms with E-state index in [2.05, 4.69) is 10.3 Å². The van der Waals surface area contributed by atoms with Crippen LogP contribution in [0.25, 0.3) is 0 Å². The number of hydrogen-bond donors (Lipinski definition) is 2. The minimum Gasteiger partial charge on any atom is -0.392 e. The van der Waals surface area contributed by atoms with E-state index < -0.39 is 17.5 Å². The molecule has 0 aromatic carbocycles. The monoisotopic (exact) mass is 268 g/mol. The molecule has 5 heteroatoms. The van der Waals surface area contributed by atoms with Gasteiger partial charge in [-0.15, -0.1) is 0 Å². The smallest absolute Gasteiger partial charge is 0.251 e. The summed E-state index contributed by atoms with van der Waals surface area (Å²) < 4.78 is 12.9. The number of aromatic nitrogens is 1. The molecule has 1 heterocycles. The number of carbonyl (C=O) groups excluding carboxylic acids is 1. The number of aliphatic hydroxyl groups excluding tert-OH is 1. The average Bonchev–Trinajstić information content (AvgIpc) is 2.35. The Morgan fingerprint density at radius 1 is 1.53 bits per heavy atom. The van der Waals surface area contributed by atoms with E-state index in [4.69, 9.17) is 0 Å². The van der Waals surface area contributed by atoms with Crippen LogP contribution in [-0.2, 0) is 0 Å². The second-order valence-electron chi connectivity index (χ2n) is 5.73. The summed E-state index contributed by atoms with van der Waals surface area (Å²) in [4.78, 5) is 15.2. The van der Waals surface area contributed by atoms with E-state index in [1.807, 2.05) is 27.7 Å². The van der Waals surface area contributed by atoms with Crippen molar-refractivity contribution >= 4 is 5.91 Å². The number of rotatable bonds is 5. The van der Waals surface area contributed by atoms with Crippen LogP contribution in [0.1, 0.15) is 38.1 Å². The number of aliphatic hydroxyl groups is 1. The van der Waals surface area contributed by atoms with Gasteiger partial charge in [-0.05, 0) is 12.0 Å². The summed E-state index contributed by atoms with van der Waals surface area (Å²) in [5, 5.41) is 12.8. The van der Waals surface area contributed by atoms with Gasteiger partial charge in [0.15, 0.2) is 0 Å². The van der Waals surface area contributed by atoms with Crippen LogP contribution in [0.2, 0.25) is 0 Å². The maximum absolute atomic E-state index is 12.9. The number of carbonyl (C=O) groups is 1. The van der Waals surface area contributed by atoms with Gasteiger partial charge in [0.1, 0.15) is 0 Å². The third-order valence-electron chi connectivity index (χ3n) is 3.13. The molecule has 106 valence electrons. The first-order valence-corrected chi connectivity index (χ1v) is 6.32. The predicted molar refractivity (Wildman–Crippen MR) is 71.2 cm³/mol. The molecule has 0 radical (unpaired) electrons. The van der Waals surface area contributed by atoms with Crippen molar-refractivity contribution in [3.05, 3.63) is 29.8 Å². The predicted octanol–water partition coefficient (Wildman–Crippen LogP) is 1.99. The number of amides is 1. The van der Waals surface area contributed by atoms with Crippen molar-refractivity contribution in [3.8, 4) is 0 Å². The Bertz CT molecular complexity index is 447. The first kappa shape index (κ1) is 15.6. The Kier molecular flexibility index (Phi) is 5.00. The maximum Gasteiger partial charge on any atom is 0.251 e. The Balaban J connectivity index is 2.64. The summed E-state index contributed by atoms with van der Waals surface area (Å²) >= 11 is 0. The van der Waals surface area contributed by atoms with E-state index >= 15 is 0 Å². The van der Waals surface area contributed by atoms with Gasteiger partial charge < -0.3 is 10.4 Å². The molecule has 0 aliphatic rings. The minimum absolute atomic E-state index is 0.102. The van der Waals surface area contributed by atoms with Gasteiger partial charge in [-0.1, -0.05) is 27.7 Å². The topological polar surface area (TPSA) is 62.2 Å². The third-order valence-corrected chi connectivity index (χ3v) is 3.13. The lowest BCUT2D eigenvalue weighted by Crippen LogP contribution is -2.43. The number of hydrogen-bond acceptors (Lipinski definition) is 3. The van der Waals surface area contributed by atoms with Crippen LogP contribution in [0.3, 0.4) is 0 Å². The fourth-order valence-electron chi connectivity index (χ4n) is 1.96. The highest BCUT2D eigenvalue weighted by atomic mass is 19.1. The van der Waals surface area contributed by atoms with E-state index in [-0.39, 0.29) is 17.4 Å². The Morgan fingerprint density at radius 2 is 2.16 bits per heavy atom. The number of halogens is 1. The van der Waals surface area contributed by atoms with Gasteiger partial charge in [-0.25, -0.2) is 4.98 Å². The molecule has 0 aliphatic heterocycles. The van der Waals surface area contributed by atoms with Crippen molar-refractivity contribution in [1.82, 2.24) is 10.3 Å². The SMILES string of the molecule is CC(C)C(O)C(C)(C)CNC(=O)c1ccnc(F)c1. The van der Waals surface area contributed by atoms with Gasteiger partial charge in [0.05, 0.1) is 6.10 Å². The molecule has 19 heavy (non-hydrogen) atoms. The second kappa shape index (κ2) is 6.10. The number of nitrogens with one attached hydrogen (secondary N) is 1. The molecular weight excluding hydrogens is 247 g/mol. The normalized spacial score (nSPS) is 13.4. The molecule has 1 aromatic heterocycles. The molecule has 0 spiro atoms. The molecule has 1 unspecified atom stereocenters. The minimum atomic E-state index is -0.686. The van der Waals surface area contributed by atoms with Crippen molar-refractivity contribution < 1.29 is 14.3 Å². The van der Waals surface area contributed by atoms with Gasteiger partial charge >= 0.3 is 0 Å². The van der Waals surface area contributed by atoms with Gasteiger partial charge in [0.25, 0.3) is 5.91 Å². The zero-order chi connectivity index (χ0) is 14.6. The fraction of sp³-hybridized carbons (Fsp3) is 0.571. The van der Waals surface area contributed by atoms with Crippen LogP contribution in [0.5, 0.6) is 0 Å². The molecular formula is C14H21FN2O2. The second-order valence-corrected chi connectivity index (χ2v) is 5.73. The van der Waals surface area contributed by atoms with Gasteiger partial charge in [-0.2, -0.15) is 4.39 Å². The Labute approximate surface area is 113 Å². The first-order valence-electron chi connectivity index (χ1n) is 6.32.